The minimum absolute atomic E-state index is 0.0670. The molecular formula is C33H47N3O5. The number of benzene rings is 1. The molecule has 3 heterocycles. The summed E-state index contributed by atoms with van der Waals surface area (Å²) in [5.74, 6) is -2.25. The Kier molecular flexibility index (Phi) is 8.59. The molecule has 3 fully saturated rings. The lowest BCUT2D eigenvalue weighted by atomic mass is 9.70. The molecule has 1 spiro atoms. The van der Waals surface area contributed by atoms with Gasteiger partial charge < -0.3 is 24.5 Å². The van der Waals surface area contributed by atoms with Crippen LogP contribution < -0.4 is 0 Å². The van der Waals surface area contributed by atoms with Gasteiger partial charge in [-0.05, 0) is 44.1 Å². The van der Waals surface area contributed by atoms with Gasteiger partial charge in [-0.1, -0.05) is 63.3 Å². The number of ether oxygens (including phenoxy) is 1. The molecule has 4 rings (SSSR count). The summed E-state index contributed by atoms with van der Waals surface area (Å²) in [4.78, 5) is 48.1. The first-order valence-electron chi connectivity index (χ1n) is 14.7. The van der Waals surface area contributed by atoms with E-state index in [1.54, 1.807) is 29.0 Å². The van der Waals surface area contributed by atoms with Gasteiger partial charge in [0, 0.05) is 25.7 Å². The molecule has 2 bridgehead atoms. The molecule has 3 amide bonds. The largest absolute Gasteiger partial charge is 0.394 e. The molecule has 6 atom stereocenters. The first-order chi connectivity index (χ1) is 19.2. The number of aliphatic hydroxyl groups excluding tert-OH is 1. The second-order valence-electron chi connectivity index (χ2n) is 13.7. The summed E-state index contributed by atoms with van der Waals surface area (Å²) in [6.07, 6.45) is 4.71. The zero-order valence-corrected chi connectivity index (χ0v) is 25.5. The number of amides is 3. The Hall–Kier alpha value is -2.97. The Labute approximate surface area is 245 Å². The average molecular weight is 566 g/mol. The standard InChI is InChI=1S/C33H47N3O5/c1-9-18-34(8)28(38)25-24-16-17-33(41-24)26(25)29(39)36(23(20-37)22-14-12-11-13-15-22)27(33)30(40)35(19-10-2)32(6,7)21-31(3,4)5/h9-15,23-27,37H,1-2,16-21H2,3-8H3/t23-,24-,25+,26+,27?,33?/m1/s1. The van der Waals surface area contributed by atoms with Crippen LogP contribution in [0.15, 0.2) is 55.6 Å². The van der Waals surface area contributed by atoms with Crippen molar-refractivity contribution in [2.24, 2.45) is 17.3 Å². The molecule has 3 aliphatic heterocycles. The van der Waals surface area contributed by atoms with E-state index in [-0.39, 0.29) is 29.7 Å². The molecule has 1 aromatic rings. The van der Waals surface area contributed by atoms with Crippen LogP contribution in [0.4, 0.5) is 0 Å². The molecule has 0 aromatic heterocycles. The maximum Gasteiger partial charge on any atom is 0.249 e. The lowest BCUT2D eigenvalue weighted by molar-refractivity contribution is -0.156. The summed E-state index contributed by atoms with van der Waals surface area (Å²) >= 11 is 0. The number of carbonyl (C=O) groups excluding carboxylic acids is 3. The fourth-order valence-electron chi connectivity index (χ4n) is 7.86. The number of rotatable bonds is 11. The van der Waals surface area contributed by atoms with Crippen molar-refractivity contribution in [2.75, 3.05) is 26.7 Å². The molecule has 3 saturated heterocycles. The minimum atomic E-state index is -1.16. The zero-order valence-electron chi connectivity index (χ0n) is 25.5. The van der Waals surface area contributed by atoms with Gasteiger partial charge in [0.2, 0.25) is 17.7 Å². The number of fused-ring (bicyclic) bond motifs is 1. The first-order valence-corrected chi connectivity index (χ1v) is 14.7. The van der Waals surface area contributed by atoms with Crippen molar-refractivity contribution in [1.82, 2.24) is 14.7 Å². The molecule has 224 valence electrons. The monoisotopic (exact) mass is 565 g/mol. The van der Waals surface area contributed by atoms with Crippen molar-refractivity contribution in [3.05, 3.63) is 61.2 Å². The van der Waals surface area contributed by atoms with Gasteiger partial charge in [-0.25, -0.2) is 0 Å². The molecule has 1 N–H and O–H groups in total. The number of likely N-dealkylation sites (tertiary alicyclic amines) is 1. The molecule has 41 heavy (non-hydrogen) atoms. The Balaban J connectivity index is 1.86. The van der Waals surface area contributed by atoms with Crippen LogP contribution in [0.5, 0.6) is 0 Å². The number of likely N-dealkylation sites (N-methyl/N-ethyl adjacent to an activating group) is 1. The quantitative estimate of drug-likeness (QED) is 0.410. The highest BCUT2D eigenvalue weighted by atomic mass is 16.5. The van der Waals surface area contributed by atoms with E-state index in [1.165, 1.54) is 0 Å². The van der Waals surface area contributed by atoms with Crippen LogP contribution in [-0.4, -0.2) is 87.6 Å². The van der Waals surface area contributed by atoms with Crippen LogP contribution in [-0.2, 0) is 19.1 Å². The smallest absolute Gasteiger partial charge is 0.249 e. The summed E-state index contributed by atoms with van der Waals surface area (Å²) in [6, 6.07) is 7.52. The highest BCUT2D eigenvalue weighted by Gasteiger charge is 2.75. The van der Waals surface area contributed by atoms with Gasteiger partial charge in [-0.15, -0.1) is 13.2 Å². The SMILES string of the molecule is C=CCN(C)C(=O)[C@@H]1[C@H]2C(=O)N([C@H](CO)c3ccccc3)C(C(=O)N(CC=C)C(C)(C)CC(C)(C)C)C23CC[C@H]1O3. The molecule has 3 aliphatic rings. The van der Waals surface area contributed by atoms with Gasteiger partial charge in [0.1, 0.15) is 11.6 Å². The van der Waals surface area contributed by atoms with E-state index in [1.807, 2.05) is 49.1 Å². The van der Waals surface area contributed by atoms with Crippen LogP contribution in [0.25, 0.3) is 0 Å². The molecule has 8 nitrogen and oxygen atoms in total. The van der Waals surface area contributed by atoms with Gasteiger partial charge in [0.25, 0.3) is 0 Å². The lowest BCUT2D eigenvalue weighted by Crippen LogP contribution is -2.61. The lowest BCUT2D eigenvalue weighted by Gasteiger charge is -2.46. The predicted octanol–water partition coefficient (Wildman–Crippen LogP) is 3.97. The molecule has 0 aliphatic carbocycles. The molecule has 8 heteroatoms. The van der Waals surface area contributed by atoms with Crippen molar-refractivity contribution in [1.29, 1.82) is 0 Å². The molecule has 1 aromatic carbocycles. The van der Waals surface area contributed by atoms with Crippen molar-refractivity contribution in [3.8, 4) is 0 Å². The van der Waals surface area contributed by atoms with E-state index >= 15 is 0 Å². The highest BCUT2D eigenvalue weighted by molar-refractivity contribution is 5.99. The fraction of sp³-hybridized carbons (Fsp3) is 0.606. The molecule has 0 saturated carbocycles. The Morgan fingerprint density at radius 1 is 1.12 bits per heavy atom. The van der Waals surface area contributed by atoms with Gasteiger partial charge in [0.05, 0.1) is 30.6 Å². The predicted molar refractivity (Wildman–Crippen MR) is 159 cm³/mol. The Morgan fingerprint density at radius 2 is 1.76 bits per heavy atom. The summed E-state index contributed by atoms with van der Waals surface area (Å²) in [6.45, 7) is 18.5. The van der Waals surface area contributed by atoms with Gasteiger partial charge in [-0.2, -0.15) is 0 Å². The summed E-state index contributed by atoms with van der Waals surface area (Å²) in [7, 11) is 1.70. The van der Waals surface area contributed by atoms with Crippen molar-refractivity contribution in [3.63, 3.8) is 0 Å². The normalized spacial score (nSPS) is 27.9. The second kappa shape index (κ2) is 11.4. The zero-order chi connectivity index (χ0) is 30.3. The third-order valence-corrected chi connectivity index (χ3v) is 9.00. The number of hydrogen-bond acceptors (Lipinski definition) is 5. The first kappa shape index (κ1) is 31.0. The van der Waals surface area contributed by atoms with Gasteiger partial charge in [0.15, 0.2) is 0 Å². The van der Waals surface area contributed by atoms with Crippen LogP contribution in [0, 0.1) is 17.3 Å². The van der Waals surface area contributed by atoms with E-state index in [0.717, 1.165) is 12.0 Å². The Morgan fingerprint density at radius 3 is 2.32 bits per heavy atom. The summed E-state index contributed by atoms with van der Waals surface area (Å²) < 4.78 is 6.66. The third kappa shape index (κ3) is 5.37. The maximum absolute atomic E-state index is 14.9. The fourth-order valence-corrected chi connectivity index (χ4v) is 7.86. The minimum Gasteiger partial charge on any atom is -0.394 e. The average Bonchev–Trinajstić information content (AvgIpc) is 3.54. The van der Waals surface area contributed by atoms with Crippen molar-refractivity contribution < 1.29 is 24.2 Å². The van der Waals surface area contributed by atoms with Gasteiger partial charge in [-0.3, -0.25) is 14.4 Å². The van der Waals surface area contributed by atoms with E-state index < -0.39 is 41.2 Å². The number of nitrogens with zero attached hydrogens (tertiary/aromatic N) is 3. The molecular weight excluding hydrogens is 518 g/mol. The number of carbonyl (C=O) groups is 3. The molecule has 0 radical (unpaired) electrons. The van der Waals surface area contributed by atoms with Crippen LogP contribution in [0.2, 0.25) is 0 Å². The van der Waals surface area contributed by atoms with Gasteiger partial charge >= 0.3 is 0 Å². The number of aliphatic hydroxyl groups is 1. The second-order valence-corrected chi connectivity index (χ2v) is 13.7. The van der Waals surface area contributed by atoms with Crippen LogP contribution >= 0.6 is 0 Å². The van der Waals surface area contributed by atoms with E-state index in [0.29, 0.717) is 25.9 Å². The maximum atomic E-state index is 14.9. The van der Waals surface area contributed by atoms with E-state index in [9.17, 15) is 19.5 Å². The Bertz CT molecular complexity index is 1180. The van der Waals surface area contributed by atoms with Crippen molar-refractivity contribution >= 4 is 17.7 Å². The van der Waals surface area contributed by atoms with E-state index in [4.69, 9.17) is 4.74 Å². The highest BCUT2D eigenvalue weighted by Crippen LogP contribution is 2.60. The van der Waals surface area contributed by atoms with Crippen LogP contribution in [0.1, 0.15) is 65.5 Å². The number of hydrogen-bond donors (Lipinski definition) is 1. The van der Waals surface area contributed by atoms with Crippen molar-refractivity contribution in [2.45, 2.75) is 83.2 Å². The van der Waals surface area contributed by atoms with E-state index in [2.05, 4.69) is 33.9 Å². The van der Waals surface area contributed by atoms with Crippen LogP contribution in [0.3, 0.4) is 0 Å². The summed E-state index contributed by atoms with van der Waals surface area (Å²) in [5.41, 5.74) is -1.07. The summed E-state index contributed by atoms with van der Waals surface area (Å²) in [5, 5.41) is 10.7. The molecule has 2 unspecified atom stereocenters. The third-order valence-electron chi connectivity index (χ3n) is 9.00. The topological polar surface area (TPSA) is 90.4 Å².